The molecule has 0 aliphatic carbocycles. The van der Waals surface area contributed by atoms with Crippen molar-refractivity contribution in [1.29, 1.82) is 0 Å². The fourth-order valence-corrected chi connectivity index (χ4v) is 2.89. The molecule has 1 unspecified atom stereocenters. The quantitative estimate of drug-likeness (QED) is 0.842. The molecule has 94 valence electrons. The van der Waals surface area contributed by atoms with Crippen molar-refractivity contribution in [3.05, 3.63) is 29.3 Å². The van der Waals surface area contributed by atoms with E-state index in [2.05, 4.69) is 44.4 Å². The lowest BCUT2D eigenvalue weighted by Crippen LogP contribution is -2.25. The predicted molar refractivity (Wildman–Crippen MR) is 71.5 cm³/mol. The van der Waals surface area contributed by atoms with Gasteiger partial charge < -0.3 is 10.1 Å². The molecule has 0 amide bonds. The minimum Gasteiger partial charge on any atom is -0.493 e. The van der Waals surface area contributed by atoms with E-state index in [-0.39, 0.29) is 0 Å². The van der Waals surface area contributed by atoms with Gasteiger partial charge in [-0.15, -0.1) is 0 Å². The zero-order valence-electron chi connectivity index (χ0n) is 11.1. The van der Waals surface area contributed by atoms with Gasteiger partial charge in [0.05, 0.1) is 6.61 Å². The Morgan fingerprint density at radius 1 is 1.29 bits per heavy atom. The fraction of sp³-hybridized carbons (Fsp3) is 0.600. The molecular formula is C15H23NO. The third-order valence-corrected chi connectivity index (χ3v) is 3.91. The summed E-state index contributed by atoms with van der Waals surface area (Å²) in [7, 11) is 2.05. The van der Waals surface area contributed by atoms with Gasteiger partial charge in [-0.1, -0.05) is 44.9 Å². The molecule has 0 saturated heterocycles. The highest BCUT2D eigenvalue weighted by atomic mass is 16.5. The van der Waals surface area contributed by atoms with E-state index in [1.54, 1.807) is 0 Å². The minimum atomic E-state index is 0.415. The third kappa shape index (κ3) is 2.32. The van der Waals surface area contributed by atoms with Crippen LogP contribution in [0.15, 0.2) is 18.2 Å². The van der Waals surface area contributed by atoms with Crippen LogP contribution in [0.3, 0.4) is 0 Å². The number of benzene rings is 1. The molecule has 1 aromatic carbocycles. The van der Waals surface area contributed by atoms with Crippen molar-refractivity contribution in [3.8, 4) is 5.75 Å². The molecule has 1 aromatic rings. The first kappa shape index (κ1) is 12.4. The molecule has 0 spiro atoms. The Kier molecular flexibility index (Phi) is 4.06. The monoisotopic (exact) mass is 233 g/mol. The second-order valence-electron chi connectivity index (χ2n) is 4.78. The van der Waals surface area contributed by atoms with Crippen molar-refractivity contribution in [3.63, 3.8) is 0 Å². The zero-order valence-corrected chi connectivity index (χ0v) is 11.1. The van der Waals surface area contributed by atoms with Crippen LogP contribution in [0.5, 0.6) is 5.75 Å². The number of hydrogen-bond donors (Lipinski definition) is 1. The molecule has 2 rings (SSSR count). The van der Waals surface area contributed by atoms with Gasteiger partial charge in [-0.3, -0.25) is 0 Å². The Balaban J connectivity index is 2.34. The van der Waals surface area contributed by atoms with E-state index in [0.29, 0.717) is 12.0 Å². The molecule has 0 aromatic heterocycles. The maximum atomic E-state index is 5.81. The lowest BCUT2D eigenvalue weighted by molar-refractivity contribution is 0.323. The summed E-state index contributed by atoms with van der Waals surface area (Å²) in [4.78, 5) is 0. The average molecular weight is 233 g/mol. The van der Waals surface area contributed by atoms with Gasteiger partial charge in [0, 0.05) is 18.0 Å². The number of ether oxygens (including phenoxy) is 1. The molecule has 1 atom stereocenters. The van der Waals surface area contributed by atoms with Crippen LogP contribution >= 0.6 is 0 Å². The van der Waals surface area contributed by atoms with Gasteiger partial charge in [-0.25, -0.2) is 0 Å². The summed E-state index contributed by atoms with van der Waals surface area (Å²) in [5, 5.41) is 3.47. The molecule has 0 fully saturated rings. The summed E-state index contributed by atoms with van der Waals surface area (Å²) < 4.78 is 5.81. The zero-order chi connectivity index (χ0) is 12.3. The molecule has 1 N–H and O–H groups in total. The maximum Gasteiger partial charge on any atom is 0.127 e. The lowest BCUT2D eigenvalue weighted by atomic mass is 9.87. The first-order valence-corrected chi connectivity index (χ1v) is 6.73. The number of hydrogen-bond acceptors (Lipinski definition) is 2. The van der Waals surface area contributed by atoms with E-state index >= 15 is 0 Å². The van der Waals surface area contributed by atoms with Crippen LogP contribution in [0.4, 0.5) is 0 Å². The summed E-state index contributed by atoms with van der Waals surface area (Å²) in [6.45, 7) is 5.37. The summed E-state index contributed by atoms with van der Waals surface area (Å²) in [5.41, 5.74) is 2.71. The van der Waals surface area contributed by atoms with Crippen molar-refractivity contribution in [2.45, 2.75) is 39.2 Å². The Morgan fingerprint density at radius 2 is 2.06 bits per heavy atom. The molecular weight excluding hydrogens is 210 g/mol. The molecule has 0 saturated carbocycles. The summed E-state index contributed by atoms with van der Waals surface area (Å²) in [5.74, 6) is 1.81. The normalized spacial score (nSPS) is 15.8. The highest BCUT2D eigenvalue weighted by Gasteiger charge is 2.25. The predicted octanol–water partition coefficient (Wildman–Crippen LogP) is 3.32. The SMILES string of the molecule is CCC(CC)C(NC)c1cccc2c1OCC2. The van der Waals surface area contributed by atoms with E-state index < -0.39 is 0 Å². The van der Waals surface area contributed by atoms with Crippen molar-refractivity contribution < 1.29 is 4.74 Å². The number of para-hydroxylation sites is 1. The second kappa shape index (κ2) is 5.54. The Hall–Kier alpha value is -1.02. The summed E-state index contributed by atoms with van der Waals surface area (Å²) in [6.07, 6.45) is 3.46. The van der Waals surface area contributed by atoms with Crippen LogP contribution in [0.2, 0.25) is 0 Å². The highest BCUT2D eigenvalue weighted by molar-refractivity contribution is 5.45. The largest absolute Gasteiger partial charge is 0.493 e. The Labute approximate surface area is 104 Å². The van der Waals surface area contributed by atoms with E-state index in [4.69, 9.17) is 4.74 Å². The van der Waals surface area contributed by atoms with E-state index in [0.717, 1.165) is 18.8 Å². The Bertz CT molecular complexity index is 371. The van der Waals surface area contributed by atoms with Gasteiger partial charge >= 0.3 is 0 Å². The summed E-state index contributed by atoms with van der Waals surface area (Å²) >= 11 is 0. The molecule has 1 aliphatic heterocycles. The maximum absolute atomic E-state index is 5.81. The number of fused-ring (bicyclic) bond motifs is 1. The number of nitrogens with one attached hydrogen (secondary N) is 1. The van der Waals surface area contributed by atoms with Crippen LogP contribution in [0.1, 0.15) is 43.9 Å². The molecule has 2 nitrogen and oxygen atoms in total. The average Bonchev–Trinajstić information content (AvgIpc) is 2.84. The molecule has 17 heavy (non-hydrogen) atoms. The smallest absolute Gasteiger partial charge is 0.127 e. The van der Waals surface area contributed by atoms with Crippen LogP contribution in [-0.2, 0) is 6.42 Å². The van der Waals surface area contributed by atoms with Gasteiger partial charge in [-0.2, -0.15) is 0 Å². The van der Waals surface area contributed by atoms with Gasteiger partial charge in [-0.05, 0) is 18.5 Å². The summed E-state index contributed by atoms with van der Waals surface area (Å²) in [6, 6.07) is 6.98. The molecule has 0 radical (unpaired) electrons. The lowest BCUT2D eigenvalue weighted by Gasteiger charge is -2.26. The second-order valence-corrected chi connectivity index (χ2v) is 4.78. The fourth-order valence-electron chi connectivity index (χ4n) is 2.89. The standard InChI is InChI=1S/C15H23NO/c1-4-11(5-2)14(16-3)13-8-6-7-12-9-10-17-15(12)13/h6-8,11,14,16H,4-5,9-10H2,1-3H3. The van der Waals surface area contributed by atoms with Gasteiger partial charge in [0.15, 0.2) is 0 Å². The van der Waals surface area contributed by atoms with Gasteiger partial charge in [0.2, 0.25) is 0 Å². The molecule has 1 heterocycles. The van der Waals surface area contributed by atoms with Crippen molar-refractivity contribution >= 4 is 0 Å². The van der Waals surface area contributed by atoms with Crippen LogP contribution in [0, 0.1) is 5.92 Å². The van der Waals surface area contributed by atoms with E-state index in [1.807, 2.05) is 0 Å². The first-order valence-electron chi connectivity index (χ1n) is 6.73. The van der Waals surface area contributed by atoms with Crippen LogP contribution in [-0.4, -0.2) is 13.7 Å². The number of rotatable bonds is 5. The highest BCUT2D eigenvalue weighted by Crippen LogP contribution is 2.37. The molecule has 1 aliphatic rings. The first-order chi connectivity index (χ1) is 8.31. The van der Waals surface area contributed by atoms with E-state index in [1.165, 1.54) is 24.0 Å². The van der Waals surface area contributed by atoms with Crippen LogP contribution in [0.25, 0.3) is 0 Å². The minimum absolute atomic E-state index is 0.415. The van der Waals surface area contributed by atoms with Crippen molar-refractivity contribution in [2.75, 3.05) is 13.7 Å². The van der Waals surface area contributed by atoms with Crippen LogP contribution < -0.4 is 10.1 Å². The molecule has 2 heteroatoms. The van der Waals surface area contributed by atoms with Crippen molar-refractivity contribution in [1.82, 2.24) is 5.32 Å². The Morgan fingerprint density at radius 3 is 2.71 bits per heavy atom. The molecule has 0 bridgehead atoms. The topological polar surface area (TPSA) is 21.3 Å². The van der Waals surface area contributed by atoms with Gasteiger partial charge in [0.1, 0.15) is 5.75 Å². The van der Waals surface area contributed by atoms with Crippen molar-refractivity contribution in [2.24, 2.45) is 5.92 Å². The third-order valence-electron chi connectivity index (χ3n) is 3.91. The van der Waals surface area contributed by atoms with E-state index in [9.17, 15) is 0 Å². The van der Waals surface area contributed by atoms with Gasteiger partial charge in [0.25, 0.3) is 0 Å².